The van der Waals surface area contributed by atoms with Crippen LogP contribution in [0.5, 0.6) is 17.2 Å². The van der Waals surface area contributed by atoms with Crippen molar-refractivity contribution in [2.24, 2.45) is 0 Å². The largest absolute Gasteiger partial charge is 0.497 e. The summed E-state index contributed by atoms with van der Waals surface area (Å²) in [4.78, 5) is 14.9. The van der Waals surface area contributed by atoms with Crippen LogP contribution < -0.4 is 14.2 Å². The van der Waals surface area contributed by atoms with Crippen LogP contribution in [0, 0.1) is 0 Å². The van der Waals surface area contributed by atoms with Crippen molar-refractivity contribution in [1.29, 1.82) is 0 Å². The molecule has 0 radical (unpaired) electrons. The van der Waals surface area contributed by atoms with Gasteiger partial charge < -0.3 is 23.8 Å². The molecule has 0 aliphatic heterocycles. The van der Waals surface area contributed by atoms with Crippen LogP contribution in [-0.4, -0.2) is 57.9 Å². The molecule has 1 atom stereocenters. The molecule has 1 aliphatic rings. The molecule has 1 aliphatic carbocycles. The monoisotopic (exact) mass is 497 g/mol. The fraction of sp³-hybridized carbons (Fsp3) is 0.567. The summed E-state index contributed by atoms with van der Waals surface area (Å²) in [5.74, 6) is 1.78. The average Bonchev–Trinajstić information content (AvgIpc) is 2.93. The van der Waals surface area contributed by atoms with E-state index in [1.165, 1.54) is 49.8 Å². The molecule has 0 bridgehead atoms. The van der Waals surface area contributed by atoms with Crippen molar-refractivity contribution in [3.8, 4) is 17.2 Å². The summed E-state index contributed by atoms with van der Waals surface area (Å²) in [5.41, 5.74) is 3.42. The van der Waals surface area contributed by atoms with Gasteiger partial charge in [-0.2, -0.15) is 0 Å². The fourth-order valence-electron chi connectivity index (χ4n) is 5.09. The molecule has 0 amide bonds. The third-order valence-electron chi connectivity index (χ3n) is 7.23. The summed E-state index contributed by atoms with van der Waals surface area (Å²) in [6, 6.07) is 12.3. The van der Waals surface area contributed by atoms with Gasteiger partial charge in [-0.15, -0.1) is 0 Å². The number of carbonyl (C=O) groups is 1. The molecule has 0 saturated carbocycles. The van der Waals surface area contributed by atoms with E-state index in [-0.39, 0.29) is 5.97 Å². The van der Waals surface area contributed by atoms with E-state index in [2.05, 4.69) is 30.0 Å². The molecule has 0 spiro atoms. The van der Waals surface area contributed by atoms with Gasteiger partial charge in [0, 0.05) is 6.04 Å². The Hall–Kier alpha value is -2.73. The minimum atomic E-state index is -0.319. The Labute approximate surface area is 216 Å². The Balaban J connectivity index is 1.26. The number of ether oxygens (including phenoxy) is 4. The lowest BCUT2D eigenvalue weighted by atomic mass is 9.87. The first-order valence-corrected chi connectivity index (χ1v) is 13.4. The van der Waals surface area contributed by atoms with Crippen LogP contribution >= 0.6 is 0 Å². The molecule has 0 heterocycles. The number of carbonyl (C=O) groups excluding carboxylic acids is 1. The summed E-state index contributed by atoms with van der Waals surface area (Å²) in [7, 11) is 4.87. The molecule has 0 saturated heterocycles. The number of aryl methyl sites for hydroxylation is 1. The maximum absolute atomic E-state index is 12.3. The third kappa shape index (κ3) is 7.89. The van der Waals surface area contributed by atoms with Crippen LogP contribution in [0.15, 0.2) is 36.4 Å². The zero-order chi connectivity index (χ0) is 25.8. The summed E-state index contributed by atoms with van der Waals surface area (Å²) in [6.45, 7) is 5.02. The number of hydrogen-bond acceptors (Lipinski definition) is 6. The van der Waals surface area contributed by atoms with Gasteiger partial charge in [0.15, 0.2) is 11.5 Å². The van der Waals surface area contributed by atoms with E-state index in [1.807, 2.05) is 0 Å². The maximum atomic E-state index is 12.3. The van der Waals surface area contributed by atoms with Gasteiger partial charge in [0.1, 0.15) is 5.75 Å². The van der Waals surface area contributed by atoms with Gasteiger partial charge in [0.05, 0.1) is 33.5 Å². The van der Waals surface area contributed by atoms with E-state index < -0.39 is 0 Å². The highest BCUT2D eigenvalue weighted by atomic mass is 16.5. The smallest absolute Gasteiger partial charge is 0.338 e. The van der Waals surface area contributed by atoms with Gasteiger partial charge in [-0.05, 0) is 86.7 Å². The highest BCUT2D eigenvalue weighted by Crippen LogP contribution is 2.29. The molecule has 2 aromatic carbocycles. The first-order chi connectivity index (χ1) is 17.6. The molecule has 36 heavy (non-hydrogen) atoms. The minimum absolute atomic E-state index is 0.319. The molecule has 1 unspecified atom stereocenters. The Morgan fingerprint density at radius 3 is 2.33 bits per heavy atom. The van der Waals surface area contributed by atoms with Crippen LogP contribution in [0.25, 0.3) is 0 Å². The zero-order valence-electron chi connectivity index (χ0n) is 22.5. The van der Waals surface area contributed by atoms with Crippen LogP contribution in [0.3, 0.4) is 0 Å². The Morgan fingerprint density at radius 1 is 0.861 bits per heavy atom. The minimum Gasteiger partial charge on any atom is -0.497 e. The van der Waals surface area contributed by atoms with E-state index in [1.54, 1.807) is 39.5 Å². The SMILES string of the molecule is CCN(CCCCCCCCOC(=O)c1ccc(OC)c(OC)c1)C1CCc2cc(OC)ccc2C1. The first-order valence-electron chi connectivity index (χ1n) is 13.4. The zero-order valence-corrected chi connectivity index (χ0v) is 22.5. The Kier molecular flexibility index (Phi) is 11.4. The Morgan fingerprint density at radius 2 is 1.61 bits per heavy atom. The van der Waals surface area contributed by atoms with E-state index >= 15 is 0 Å². The summed E-state index contributed by atoms with van der Waals surface area (Å²) < 4.78 is 21.3. The molecule has 0 aromatic heterocycles. The topological polar surface area (TPSA) is 57.2 Å². The second-order valence-electron chi connectivity index (χ2n) is 9.49. The van der Waals surface area contributed by atoms with E-state index in [0.717, 1.165) is 38.0 Å². The number of esters is 1. The maximum Gasteiger partial charge on any atom is 0.338 e. The normalized spacial score (nSPS) is 14.9. The molecule has 0 fully saturated rings. The number of rotatable bonds is 15. The van der Waals surface area contributed by atoms with Gasteiger partial charge in [0.2, 0.25) is 0 Å². The van der Waals surface area contributed by atoms with Crippen molar-refractivity contribution in [2.75, 3.05) is 41.0 Å². The summed E-state index contributed by atoms with van der Waals surface area (Å²) in [5, 5.41) is 0. The number of fused-ring (bicyclic) bond motifs is 1. The van der Waals surface area contributed by atoms with E-state index in [4.69, 9.17) is 18.9 Å². The van der Waals surface area contributed by atoms with Crippen LogP contribution in [0.4, 0.5) is 0 Å². The standard InChI is InChI=1S/C30H43NO5/c1-5-31(26-15-12-24-21-27(33-2)16-13-23(24)20-26)18-10-8-6-7-9-11-19-36-30(32)25-14-17-28(34-3)29(22-25)35-4/h13-14,16-17,21-22,26H,5-12,15,18-20H2,1-4H3. The van der Waals surface area contributed by atoms with Crippen molar-refractivity contribution in [3.05, 3.63) is 53.1 Å². The number of unbranched alkanes of at least 4 members (excludes halogenated alkanes) is 5. The van der Waals surface area contributed by atoms with Crippen LogP contribution in [-0.2, 0) is 17.6 Å². The molecular formula is C30H43NO5. The summed E-state index contributed by atoms with van der Waals surface area (Å²) >= 11 is 0. The molecule has 198 valence electrons. The molecule has 6 nitrogen and oxygen atoms in total. The fourth-order valence-corrected chi connectivity index (χ4v) is 5.09. The lowest BCUT2D eigenvalue weighted by Gasteiger charge is -2.34. The van der Waals surface area contributed by atoms with Crippen molar-refractivity contribution in [3.63, 3.8) is 0 Å². The molecule has 2 aromatic rings. The van der Waals surface area contributed by atoms with Crippen molar-refractivity contribution >= 4 is 5.97 Å². The molecule has 3 rings (SSSR count). The molecule has 6 heteroatoms. The van der Waals surface area contributed by atoms with E-state index in [0.29, 0.717) is 29.7 Å². The second kappa shape index (κ2) is 14.7. The van der Waals surface area contributed by atoms with Crippen molar-refractivity contribution in [2.45, 2.75) is 70.8 Å². The quantitative estimate of drug-likeness (QED) is 0.219. The van der Waals surface area contributed by atoms with Crippen LogP contribution in [0.1, 0.15) is 73.4 Å². The second-order valence-corrected chi connectivity index (χ2v) is 9.49. The predicted octanol–water partition coefficient (Wildman–Crippen LogP) is 6.09. The summed E-state index contributed by atoms with van der Waals surface area (Å²) in [6.07, 6.45) is 10.4. The first kappa shape index (κ1) is 27.9. The van der Waals surface area contributed by atoms with Crippen LogP contribution in [0.2, 0.25) is 0 Å². The lowest BCUT2D eigenvalue weighted by molar-refractivity contribution is 0.0497. The van der Waals surface area contributed by atoms with Gasteiger partial charge in [0.25, 0.3) is 0 Å². The number of hydrogen-bond donors (Lipinski definition) is 0. The van der Waals surface area contributed by atoms with Gasteiger partial charge in [-0.25, -0.2) is 4.79 Å². The van der Waals surface area contributed by atoms with Gasteiger partial charge in [-0.3, -0.25) is 0 Å². The highest BCUT2D eigenvalue weighted by Gasteiger charge is 2.23. The van der Waals surface area contributed by atoms with Crippen molar-refractivity contribution in [1.82, 2.24) is 4.90 Å². The van der Waals surface area contributed by atoms with Gasteiger partial charge in [-0.1, -0.05) is 38.7 Å². The number of methoxy groups -OCH3 is 3. The Bertz CT molecular complexity index is 960. The highest BCUT2D eigenvalue weighted by molar-refractivity contribution is 5.90. The number of benzene rings is 2. The molecular weight excluding hydrogens is 454 g/mol. The van der Waals surface area contributed by atoms with Crippen molar-refractivity contribution < 1.29 is 23.7 Å². The number of nitrogens with zero attached hydrogens (tertiary/aromatic N) is 1. The molecule has 0 N–H and O–H groups in total. The predicted molar refractivity (Wildman–Crippen MR) is 144 cm³/mol. The lowest BCUT2D eigenvalue weighted by Crippen LogP contribution is -2.39. The number of likely N-dealkylation sites (N-methyl/N-ethyl adjacent to an activating group) is 1. The van der Waals surface area contributed by atoms with Gasteiger partial charge >= 0.3 is 5.97 Å². The average molecular weight is 498 g/mol. The third-order valence-corrected chi connectivity index (χ3v) is 7.23. The van der Waals surface area contributed by atoms with E-state index in [9.17, 15) is 4.79 Å².